The molecule has 112 valence electrons. The fourth-order valence-corrected chi connectivity index (χ4v) is 3.19. The van der Waals surface area contributed by atoms with Gasteiger partial charge in [-0.1, -0.05) is 30.3 Å². The van der Waals surface area contributed by atoms with Gasteiger partial charge in [0.2, 0.25) is 10.0 Å². The Morgan fingerprint density at radius 2 is 1.62 bits per heavy atom. The predicted octanol–water partition coefficient (Wildman–Crippen LogP) is 2.79. The summed E-state index contributed by atoms with van der Waals surface area (Å²) in [7, 11) is -4.20. The lowest BCUT2D eigenvalue weighted by molar-refractivity contribution is 0.514. The van der Waals surface area contributed by atoms with E-state index in [4.69, 9.17) is 0 Å². The molecule has 0 aliphatic rings. The average molecular weight is 311 g/mol. The standard InChI is InChI=1S/C15H15F2NO2S/c1-11-5-2-3-6-12(11)9-10-18-21(19,20)15-13(16)7-4-8-14(15)17/h2-8,18H,9-10H2,1H3. The Kier molecular flexibility index (Phi) is 4.69. The fraction of sp³-hybridized carbons (Fsp3) is 0.200. The van der Waals surface area contributed by atoms with Gasteiger partial charge in [0.05, 0.1) is 0 Å². The van der Waals surface area contributed by atoms with Gasteiger partial charge in [0.1, 0.15) is 11.6 Å². The van der Waals surface area contributed by atoms with Crippen LogP contribution in [0.4, 0.5) is 8.78 Å². The van der Waals surface area contributed by atoms with E-state index in [-0.39, 0.29) is 6.54 Å². The van der Waals surface area contributed by atoms with E-state index in [1.54, 1.807) is 0 Å². The lowest BCUT2D eigenvalue weighted by atomic mass is 10.1. The zero-order valence-electron chi connectivity index (χ0n) is 11.4. The van der Waals surface area contributed by atoms with Crippen LogP contribution in [0.1, 0.15) is 11.1 Å². The molecule has 0 atom stereocenters. The molecule has 0 fully saturated rings. The molecule has 0 bridgehead atoms. The highest BCUT2D eigenvalue weighted by Gasteiger charge is 2.23. The van der Waals surface area contributed by atoms with Gasteiger partial charge in [-0.15, -0.1) is 0 Å². The van der Waals surface area contributed by atoms with E-state index in [9.17, 15) is 17.2 Å². The average Bonchev–Trinajstić information content (AvgIpc) is 2.40. The van der Waals surface area contributed by atoms with Gasteiger partial charge in [-0.25, -0.2) is 21.9 Å². The van der Waals surface area contributed by atoms with Crippen LogP contribution in [0, 0.1) is 18.6 Å². The summed E-state index contributed by atoms with van der Waals surface area (Å²) in [5, 5.41) is 0. The summed E-state index contributed by atoms with van der Waals surface area (Å²) in [6.45, 7) is 1.99. The maximum absolute atomic E-state index is 13.5. The minimum Gasteiger partial charge on any atom is -0.211 e. The molecule has 2 aromatic carbocycles. The van der Waals surface area contributed by atoms with E-state index >= 15 is 0 Å². The van der Waals surface area contributed by atoms with Gasteiger partial charge >= 0.3 is 0 Å². The highest BCUT2D eigenvalue weighted by atomic mass is 32.2. The van der Waals surface area contributed by atoms with E-state index in [2.05, 4.69) is 4.72 Å². The van der Waals surface area contributed by atoms with E-state index in [0.717, 1.165) is 29.3 Å². The van der Waals surface area contributed by atoms with Crippen LogP contribution in [-0.2, 0) is 16.4 Å². The van der Waals surface area contributed by atoms with Crippen LogP contribution in [0.5, 0.6) is 0 Å². The number of benzene rings is 2. The van der Waals surface area contributed by atoms with Gasteiger partial charge in [-0.05, 0) is 36.6 Å². The van der Waals surface area contributed by atoms with Crippen LogP contribution in [0.3, 0.4) is 0 Å². The zero-order chi connectivity index (χ0) is 15.5. The second-order valence-corrected chi connectivity index (χ2v) is 6.33. The molecule has 0 unspecified atom stereocenters. The van der Waals surface area contributed by atoms with Gasteiger partial charge in [0.15, 0.2) is 4.90 Å². The van der Waals surface area contributed by atoms with Gasteiger partial charge in [0, 0.05) is 6.54 Å². The van der Waals surface area contributed by atoms with Crippen molar-refractivity contribution in [1.82, 2.24) is 4.72 Å². The molecule has 2 rings (SSSR count). The summed E-state index contributed by atoms with van der Waals surface area (Å²) in [6.07, 6.45) is 0.446. The monoisotopic (exact) mass is 311 g/mol. The van der Waals surface area contributed by atoms with Gasteiger partial charge in [0.25, 0.3) is 0 Å². The van der Waals surface area contributed by atoms with Crippen molar-refractivity contribution in [2.24, 2.45) is 0 Å². The van der Waals surface area contributed by atoms with Gasteiger partial charge < -0.3 is 0 Å². The largest absolute Gasteiger partial charge is 0.246 e. The SMILES string of the molecule is Cc1ccccc1CCNS(=O)(=O)c1c(F)cccc1F. The molecule has 0 saturated carbocycles. The molecule has 0 saturated heterocycles. The Morgan fingerprint density at radius 1 is 1.00 bits per heavy atom. The first kappa shape index (κ1) is 15.6. The van der Waals surface area contributed by atoms with E-state index in [1.165, 1.54) is 0 Å². The van der Waals surface area contributed by atoms with Crippen LogP contribution in [-0.4, -0.2) is 15.0 Å². The molecule has 0 amide bonds. The Hall–Kier alpha value is -1.79. The Bertz CT molecular complexity index is 725. The molecule has 1 N–H and O–H groups in total. The molecule has 0 aliphatic heterocycles. The van der Waals surface area contributed by atoms with Crippen molar-refractivity contribution in [3.8, 4) is 0 Å². The Morgan fingerprint density at radius 3 is 2.24 bits per heavy atom. The van der Waals surface area contributed by atoms with Crippen molar-refractivity contribution >= 4 is 10.0 Å². The second-order valence-electron chi connectivity index (χ2n) is 4.63. The van der Waals surface area contributed by atoms with Crippen molar-refractivity contribution in [3.05, 3.63) is 65.2 Å². The molecule has 0 aliphatic carbocycles. The molecule has 6 heteroatoms. The summed E-state index contributed by atoms with van der Waals surface area (Å²) >= 11 is 0. The Labute approximate surface area is 122 Å². The number of hydrogen-bond acceptors (Lipinski definition) is 2. The molecule has 0 heterocycles. The normalized spacial score (nSPS) is 11.6. The highest BCUT2D eigenvalue weighted by Crippen LogP contribution is 2.18. The van der Waals surface area contributed by atoms with E-state index < -0.39 is 26.6 Å². The quantitative estimate of drug-likeness (QED) is 0.923. The minimum atomic E-state index is -4.20. The molecular weight excluding hydrogens is 296 g/mol. The first-order valence-electron chi connectivity index (χ1n) is 6.40. The zero-order valence-corrected chi connectivity index (χ0v) is 12.3. The van der Waals surface area contributed by atoms with Crippen LogP contribution >= 0.6 is 0 Å². The first-order chi connectivity index (χ1) is 9.92. The van der Waals surface area contributed by atoms with Gasteiger partial charge in [-0.2, -0.15) is 0 Å². The minimum absolute atomic E-state index is 0.0704. The van der Waals surface area contributed by atoms with Crippen LogP contribution < -0.4 is 4.72 Å². The van der Waals surface area contributed by atoms with Crippen LogP contribution in [0.15, 0.2) is 47.4 Å². The fourth-order valence-electron chi connectivity index (χ4n) is 2.02. The summed E-state index contributed by atoms with van der Waals surface area (Å²) in [4.78, 5) is -0.935. The number of aryl methyl sites for hydroxylation is 1. The summed E-state index contributed by atoms with van der Waals surface area (Å²) in [6, 6.07) is 10.5. The topological polar surface area (TPSA) is 46.2 Å². The maximum atomic E-state index is 13.5. The van der Waals surface area contributed by atoms with Crippen molar-refractivity contribution in [1.29, 1.82) is 0 Å². The number of rotatable bonds is 5. The third kappa shape index (κ3) is 3.65. The predicted molar refractivity (Wildman–Crippen MR) is 76.4 cm³/mol. The molecule has 3 nitrogen and oxygen atoms in total. The number of hydrogen-bond donors (Lipinski definition) is 1. The van der Waals surface area contributed by atoms with E-state index in [0.29, 0.717) is 6.42 Å². The summed E-state index contributed by atoms with van der Waals surface area (Å²) < 4.78 is 53.1. The van der Waals surface area contributed by atoms with Crippen LogP contribution in [0.25, 0.3) is 0 Å². The molecular formula is C15H15F2NO2S. The van der Waals surface area contributed by atoms with Crippen LogP contribution in [0.2, 0.25) is 0 Å². The number of sulfonamides is 1. The molecule has 0 radical (unpaired) electrons. The molecule has 2 aromatic rings. The lowest BCUT2D eigenvalue weighted by Crippen LogP contribution is -2.27. The third-order valence-corrected chi connectivity index (χ3v) is 4.65. The highest BCUT2D eigenvalue weighted by molar-refractivity contribution is 7.89. The van der Waals surface area contributed by atoms with Crippen molar-refractivity contribution in [2.75, 3.05) is 6.54 Å². The molecule has 21 heavy (non-hydrogen) atoms. The molecule has 0 spiro atoms. The smallest absolute Gasteiger partial charge is 0.211 e. The molecule has 0 aromatic heterocycles. The van der Waals surface area contributed by atoms with Gasteiger partial charge in [-0.3, -0.25) is 0 Å². The lowest BCUT2D eigenvalue weighted by Gasteiger charge is -2.09. The Balaban J connectivity index is 2.11. The third-order valence-electron chi connectivity index (χ3n) is 3.14. The van der Waals surface area contributed by atoms with Crippen molar-refractivity contribution in [2.45, 2.75) is 18.2 Å². The second kappa shape index (κ2) is 6.32. The summed E-state index contributed by atoms with van der Waals surface area (Å²) in [5.74, 6) is -2.20. The number of nitrogens with one attached hydrogen (secondary N) is 1. The number of halogens is 2. The van der Waals surface area contributed by atoms with Crippen molar-refractivity contribution in [3.63, 3.8) is 0 Å². The first-order valence-corrected chi connectivity index (χ1v) is 7.88. The van der Waals surface area contributed by atoms with E-state index in [1.807, 2.05) is 31.2 Å². The maximum Gasteiger partial charge on any atom is 0.246 e. The summed E-state index contributed by atoms with van der Waals surface area (Å²) in [5.41, 5.74) is 2.02. The van der Waals surface area contributed by atoms with Crippen molar-refractivity contribution < 1.29 is 17.2 Å².